The average molecular weight is 399 g/mol. The number of hydrogen-bond acceptors (Lipinski definition) is 5. The van der Waals surface area contributed by atoms with Crippen molar-refractivity contribution in [1.82, 2.24) is 25.3 Å². The van der Waals surface area contributed by atoms with E-state index in [1.165, 1.54) is 0 Å². The first-order chi connectivity index (χ1) is 14.1. The second-order valence-electron chi connectivity index (χ2n) is 7.19. The predicted molar refractivity (Wildman–Crippen MR) is 109 cm³/mol. The van der Waals surface area contributed by atoms with Crippen LogP contribution in [0.1, 0.15) is 24.5 Å². The van der Waals surface area contributed by atoms with E-state index < -0.39 is 6.04 Å². The second-order valence-corrected chi connectivity index (χ2v) is 7.19. The van der Waals surface area contributed by atoms with E-state index in [0.717, 1.165) is 23.3 Å². The molecule has 2 N–H and O–H groups in total. The fourth-order valence-corrected chi connectivity index (χ4v) is 3.48. The zero-order valence-electron chi connectivity index (χ0n) is 17.1. The molecule has 2 heterocycles. The van der Waals surface area contributed by atoms with E-state index in [-0.39, 0.29) is 18.2 Å². The van der Waals surface area contributed by atoms with Gasteiger partial charge in [0.2, 0.25) is 11.8 Å². The smallest absolute Gasteiger partial charge is 0.237 e. The molecule has 0 spiro atoms. The Balaban J connectivity index is 1.63. The first-order valence-corrected chi connectivity index (χ1v) is 10.0. The lowest BCUT2D eigenvalue weighted by Crippen LogP contribution is -2.56. The van der Waals surface area contributed by atoms with E-state index >= 15 is 0 Å². The van der Waals surface area contributed by atoms with E-state index in [1.807, 2.05) is 37.4 Å². The van der Waals surface area contributed by atoms with E-state index in [0.29, 0.717) is 32.8 Å². The summed E-state index contributed by atoms with van der Waals surface area (Å²) in [5, 5.41) is 9.58. The number of amides is 2. The Bertz CT molecular complexity index is 808. The van der Waals surface area contributed by atoms with Gasteiger partial charge in [-0.3, -0.25) is 19.6 Å². The van der Waals surface area contributed by atoms with Gasteiger partial charge in [-0.15, -0.1) is 0 Å². The van der Waals surface area contributed by atoms with E-state index in [2.05, 4.69) is 20.4 Å². The summed E-state index contributed by atoms with van der Waals surface area (Å²) < 4.78 is 5.72. The van der Waals surface area contributed by atoms with Crippen LogP contribution >= 0.6 is 0 Å². The minimum atomic E-state index is -0.484. The number of benzene rings is 1. The van der Waals surface area contributed by atoms with Crippen LogP contribution in [0.3, 0.4) is 0 Å². The third kappa shape index (κ3) is 5.57. The molecule has 29 heavy (non-hydrogen) atoms. The van der Waals surface area contributed by atoms with Crippen LogP contribution in [-0.2, 0) is 22.6 Å². The molecule has 1 aliphatic rings. The second kappa shape index (κ2) is 10.1. The van der Waals surface area contributed by atoms with Gasteiger partial charge in [0.15, 0.2) is 0 Å². The predicted octanol–water partition coefficient (Wildman–Crippen LogP) is 1.20. The number of carbonyl (C=O) groups is 2. The van der Waals surface area contributed by atoms with Gasteiger partial charge in [0.05, 0.1) is 25.3 Å². The van der Waals surface area contributed by atoms with Gasteiger partial charge in [-0.2, -0.15) is 5.10 Å². The molecule has 2 aromatic rings. The van der Waals surface area contributed by atoms with Crippen molar-refractivity contribution in [3.8, 4) is 5.75 Å². The number of nitrogens with zero attached hydrogens (tertiary/aromatic N) is 3. The Hall–Kier alpha value is -2.87. The highest BCUT2D eigenvalue weighted by Crippen LogP contribution is 2.22. The Morgan fingerprint density at radius 2 is 2.21 bits per heavy atom. The number of H-pyrrole nitrogens is 1. The molecule has 1 aliphatic heterocycles. The molecule has 2 amide bonds. The van der Waals surface area contributed by atoms with Gasteiger partial charge in [0.1, 0.15) is 5.75 Å². The first kappa shape index (κ1) is 20.9. The third-order valence-corrected chi connectivity index (χ3v) is 5.17. The van der Waals surface area contributed by atoms with Crippen LogP contribution in [0.4, 0.5) is 0 Å². The number of piperazine rings is 1. The number of para-hydroxylation sites is 1. The molecule has 1 atom stereocenters. The minimum Gasteiger partial charge on any atom is -0.494 e. The molecule has 1 aromatic heterocycles. The zero-order valence-corrected chi connectivity index (χ0v) is 17.1. The maximum Gasteiger partial charge on any atom is 0.237 e. The zero-order chi connectivity index (χ0) is 20.6. The Morgan fingerprint density at radius 1 is 1.38 bits per heavy atom. The van der Waals surface area contributed by atoms with Crippen molar-refractivity contribution >= 4 is 11.8 Å². The van der Waals surface area contributed by atoms with Crippen LogP contribution in [0.5, 0.6) is 5.75 Å². The Morgan fingerprint density at radius 3 is 2.97 bits per heavy atom. The molecule has 0 aliphatic carbocycles. The normalized spacial score (nSPS) is 17.0. The number of carbonyl (C=O) groups excluding carboxylic acids is 2. The quantitative estimate of drug-likeness (QED) is 0.661. The van der Waals surface area contributed by atoms with Gasteiger partial charge in [-0.1, -0.05) is 18.2 Å². The number of aromatic amines is 1. The monoisotopic (exact) mass is 399 g/mol. The molecule has 1 aromatic carbocycles. The van der Waals surface area contributed by atoms with Crippen LogP contribution < -0.4 is 10.1 Å². The molecular weight excluding hydrogens is 370 g/mol. The van der Waals surface area contributed by atoms with Gasteiger partial charge < -0.3 is 15.0 Å². The van der Waals surface area contributed by atoms with E-state index in [9.17, 15) is 9.59 Å². The molecule has 0 bridgehead atoms. The largest absolute Gasteiger partial charge is 0.494 e. The molecule has 0 unspecified atom stereocenters. The van der Waals surface area contributed by atoms with Crippen molar-refractivity contribution in [3.63, 3.8) is 0 Å². The fourth-order valence-electron chi connectivity index (χ4n) is 3.48. The molecule has 1 fully saturated rings. The average Bonchev–Trinajstić information content (AvgIpc) is 3.24. The van der Waals surface area contributed by atoms with Crippen molar-refractivity contribution in [2.75, 3.05) is 33.3 Å². The van der Waals surface area contributed by atoms with Crippen molar-refractivity contribution in [2.45, 2.75) is 32.4 Å². The maximum atomic E-state index is 12.8. The standard InChI is InChI=1S/C21H29N5O3/c1-3-29-19-7-5-4-6-17(19)15-26-11-9-22-21(28)18(26)12-20(27)25(2)10-8-16-13-23-24-14-16/h4-7,13-14,18H,3,8-12,15H2,1-2H3,(H,22,28)(H,23,24)/t18-/m1/s1. The number of rotatable bonds is 9. The minimum absolute atomic E-state index is 0.0429. The molecule has 8 nitrogen and oxygen atoms in total. The molecule has 8 heteroatoms. The number of likely N-dealkylation sites (N-methyl/N-ethyl adjacent to an activating group) is 1. The lowest BCUT2D eigenvalue weighted by Gasteiger charge is -2.35. The first-order valence-electron chi connectivity index (χ1n) is 10.0. The highest BCUT2D eigenvalue weighted by molar-refractivity contribution is 5.88. The van der Waals surface area contributed by atoms with Crippen LogP contribution in [-0.4, -0.2) is 71.1 Å². The van der Waals surface area contributed by atoms with Gasteiger partial charge in [0, 0.05) is 45.0 Å². The number of nitrogens with one attached hydrogen (secondary N) is 2. The molecular formula is C21H29N5O3. The van der Waals surface area contributed by atoms with Crippen LogP contribution in [0, 0.1) is 0 Å². The summed E-state index contributed by atoms with van der Waals surface area (Å²) in [6.45, 7) is 4.96. The lowest BCUT2D eigenvalue weighted by molar-refractivity contribution is -0.138. The lowest BCUT2D eigenvalue weighted by atomic mass is 10.1. The summed E-state index contributed by atoms with van der Waals surface area (Å²) in [6, 6.07) is 7.36. The summed E-state index contributed by atoms with van der Waals surface area (Å²) in [5.41, 5.74) is 2.07. The maximum absolute atomic E-state index is 12.8. The fraction of sp³-hybridized carbons (Fsp3) is 0.476. The van der Waals surface area contributed by atoms with Crippen LogP contribution in [0.15, 0.2) is 36.7 Å². The van der Waals surface area contributed by atoms with E-state index in [4.69, 9.17) is 4.74 Å². The number of hydrogen-bond donors (Lipinski definition) is 2. The topological polar surface area (TPSA) is 90.6 Å². The number of aromatic nitrogens is 2. The highest BCUT2D eigenvalue weighted by atomic mass is 16.5. The van der Waals surface area contributed by atoms with Crippen LogP contribution in [0.2, 0.25) is 0 Å². The molecule has 3 rings (SSSR count). The Labute approximate surface area is 171 Å². The summed E-state index contributed by atoms with van der Waals surface area (Å²) in [4.78, 5) is 29.0. The van der Waals surface area contributed by atoms with Gasteiger partial charge in [-0.25, -0.2) is 0 Å². The summed E-state index contributed by atoms with van der Waals surface area (Å²) in [7, 11) is 1.78. The molecule has 1 saturated heterocycles. The van der Waals surface area contributed by atoms with Gasteiger partial charge in [0.25, 0.3) is 0 Å². The summed E-state index contributed by atoms with van der Waals surface area (Å²) in [5.74, 6) is 0.684. The van der Waals surface area contributed by atoms with Crippen molar-refractivity contribution in [2.24, 2.45) is 0 Å². The van der Waals surface area contributed by atoms with Crippen molar-refractivity contribution in [3.05, 3.63) is 47.8 Å². The third-order valence-electron chi connectivity index (χ3n) is 5.17. The van der Waals surface area contributed by atoms with Crippen molar-refractivity contribution < 1.29 is 14.3 Å². The molecule has 0 radical (unpaired) electrons. The number of ether oxygens (including phenoxy) is 1. The van der Waals surface area contributed by atoms with Crippen molar-refractivity contribution in [1.29, 1.82) is 0 Å². The van der Waals surface area contributed by atoms with Gasteiger partial charge in [-0.05, 0) is 25.0 Å². The highest BCUT2D eigenvalue weighted by Gasteiger charge is 2.32. The molecule has 156 valence electrons. The van der Waals surface area contributed by atoms with Gasteiger partial charge >= 0.3 is 0 Å². The van der Waals surface area contributed by atoms with E-state index in [1.54, 1.807) is 18.1 Å². The summed E-state index contributed by atoms with van der Waals surface area (Å²) in [6.07, 6.45) is 4.46. The Kier molecular flexibility index (Phi) is 7.24. The molecule has 0 saturated carbocycles. The summed E-state index contributed by atoms with van der Waals surface area (Å²) >= 11 is 0. The van der Waals surface area contributed by atoms with Crippen LogP contribution in [0.25, 0.3) is 0 Å². The SMILES string of the molecule is CCOc1ccccc1CN1CCNC(=O)[C@H]1CC(=O)N(C)CCc1cn[nH]c1.